The molecule has 6 heteroatoms. The van der Waals surface area contributed by atoms with Gasteiger partial charge in [-0.2, -0.15) is 0 Å². The number of aromatic nitrogens is 1. The van der Waals surface area contributed by atoms with Crippen molar-refractivity contribution in [2.75, 3.05) is 0 Å². The molecule has 0 saturated carbocycles. The van der Waals surface area contributed by atoms with Crippen LogP contribution in [-0.2, 0) is 4.79 Å². The van der Waals surface area contributed by atoms with Crippen LogP contribution in [0.5, 0.6) is 0 Å². The van der Waals surface area contributed by atoms with Gasteiger partial charge in [-0.3, -0.25) is 4.79 Å². The number of carbonyl (C=O) groups is 2. The summed E-state index contributed by atoms with van der Waals surface area (Å²) >= 11 is 3.21. The summed E-state index contributed by atoms with van der Waals surface area (Å²) in [5.41, 5.74) is 0.204. The molecule has 1 rings (SSSR count). The summed E-state index contributed by atoms with van der Waals surface area (Å²) in [6.07, 6.45) is 2.58. The lowest BCUT2D eigenvalue weighted by atomic mass is 10.1. The summed E-state index contributed by atoms with van der Waals surface area (Å²) in [6, 6.07) is 2.35. The monoisotopic (exact) mass is 300 g/mol. The number of aliphatic carboxylic acids is 1. The van der Waals surface area contributed by atoms with Gasteiger partial charge in [0, 0.05) is 10.7 Å². The molecule has 0 radical (unpaired) electrons. The first-order valence-electron chi connectivity index (χ1n) is 5.19. The fraction of sp³-hybridized carbons (Fsp3) is 0.364. The minimum atomic E-state index is -1.03. The number of nitrogens with one attached hydrogen (secondary N) is 1. The van der Waals surface area contributed by atoms with Crippen molar-refractivity contribution < 1.29 is 14.7 Å². The molecule has 2 N–H and O–H groups in total. The van der Waals surface area contributed by atoms with Gasteiger partial charge in [0.1, 0.15) is 11.7 Å². The van der Waals surface area contributed by atoms with Crippen LogP contribution in [0.3, 0.4) is 0 Å². The summed E-state index contributed by atoms with van der Waals surface area (Å²) in [5.74, 6) is -1.50. The number of hydrogen-bond acceptors (Lipinski definition) is 3. The molecule has 1 heterocycles. The molecular weight excluding hydrogens is 288 g/mol. The zero-order valence-electron chi connectivity index (χ0n) is 9.31. The van der Waals surface area contributed by atoms with Crippen LogP contribution in [-0.4, -0.2) is 28.0 Å². The molecule has 0 aliphatic rings. The highest BCUT2D eigenvalue weighted by atomic mass is 79.9. The molecule has 92 valence electrons. The van der Waals surface area contributed by atoms with E-state index < -0.39 is 17.9 Å². The maximum absolute atomic E-state index is 11.7. The van der Waals surface area contributed by atoms with Crippen LogP contribution in [0.4, 0.5) is 0 Å². The molecule has 17 heavy (non-hydrogen) atoms. The quantitative estimate of drug-likeness (QED) is 0.869. The molecule has 1 atom stereocenters. The molecular formula is C11H13BrN2O3. The smallest absolute Gasteiger partial charge is 0.326 e. The second-order valence-corrected chi connectivity index (χ2v) is 4.43. The number of hydrogen-bond donors (Lipinski definition) is 2. The SMILES string of the molecule is CCCC(NC(=O)c1ccc(Br)cn1)C(=O)O. The Bertz CT molecular complexity index is 406. The molecule has 1 aromatic heterocycles. The number of amides is 1. The summed E-state index contributed by atoms with van der Waals surface area (Å²) < 4.78 is 0.761. The van der Waals surface area contributed by atoms with Gasteiger partial charge in [-0.1, -0.05) is 13.3 Å². The molecule has 0 spiro atoms. The van der Waals surface area contributed by atoms with Gasteiger partial charge < -0.3 is 10.4 Å². The Labute approximate surface area is 107 Å². The summed E-state index contributed by atoms with van der Waals surface area (Å²) in [4.78, 5) is 26.5. The Morgan fingerprint density at radius 3 is 2.71 bits per heavy atom. The van der Waals surface area contributed by atoms with Crippen LogP contribution < -0.4 is 5.32 Å². The highest BCUT2D eigenvalue weighted by Gasteiger charge is 2.19. The standard InChI is InChI=1S/C11H13BrN2O3/c1-2-3-9(11(16)17)14-10(15)8-5-4-7(12)6-13-8/h4-6,9H,2-3H2,1H3,(H,14,15)(H,16,17). The lowest BCUT2D eigenvalue weighted by Gasteiger charge is -2.12. The molecule has 0 aromatic carbocycles. The van der Waals surface area contributed by atoms with Gasteiger partial charge in [0.05, 0.1) is 0 Å². The van der Waals surface area contributed by atoms with E-state index in [9.17, 15) is 9.59 Å². The zero-order valence-corrected chi connectivity index (χ0v) is 10.9. The van der Waals surface area contributed by atoms with Crippen molar-refractivity contribution in [2.45, 2.75) is 25.8 Å². The van der Waals surface area contributed by atoms with Gasteiger partial charge in [-0.25, -0.2) is 9.78 Å². The van der Waals surface area contributed by atoms with Crippen molar-refractivity contribution in [3.8, 4) is 0 Å². The fourth-order valence-corrected chi connectivity index (χ4v) is 1.52. The molecule has 0 fully saturated rings. The van der Waals surface area contributed by atoms with Crippen molar-refractivity contribution in [3.05, 3.63) is 28.5 Å². The van der Waals surface area contributed by atoms with Gasteiger partial charge in [0.2, 0.25) is 0 Å². The van der Waals surface area contributed by atoms with Crippen LogP contribution in [0.2, 0.25) is 0 Å². The first kappa shape index (κ1) is 13.6. The Balaban J connectivity index is 2.70. The van der Waals surface area contributed by atoms with Crippen molar-refractivity contribution in [1.82, 2.24) is 10.3 Å². The Morgan fingerprint density at radius 1 is 1.53 bits per heavy atom. The van der Waals surface area contributed by atoms with E-state index in [0.717, 1.165) is 4.47 Å². The molecule has 0 bridgehead atoms. The van der Waals surface area contributed by atoms with Crippen LogP contribution in [0.1, 0.15) is 30.3 Å². The predicted molar refractivity (Wildman–Crippen MR) is 65.7 cm³/mol. The predicted octanol–water partition coefficient (Wildman–Crippen LogP) is 1.83. The largest absolute Gasteiger partial charge is 0.480 e. The van der Waals surface area contributed by atoms with E-state index in [1.807, 2.05) is 6.92 Å². The van der Waals surface area contributed by atoms with Crippen molar-refractivity contribution in [1.29, 1.82) is 0 Å². The van der Waals surface area contributed by atoms with Gasteiger partial charge in [-0.05, 0) is 34.5 Å². The third kappa shape index (κ3) is 4.14. The first-order chi connectivity index (χ1) is 8.04. The normalized spacial score (nSPS) is 11.9. The Hall–Kier alpha value is -1.43. The third-order valence-corrected chi connectivity index (χ3v) is 2.61. The van der Waals surface area contributed by atoms with Crippen LogP contribution in [0, 0.1) is 0 Å². The molecule has 0 aliphatic heterocycles. The number of pyridine rings is 1. The Morgan fingerprint density at radius 2 is 2.24 bits per heavy atom. The lowest BCUT2D eigenvalue weighted by Crippen LogP contribution is -2.40. The van der Waals surface area contributed by atoms with E-state index in [4.69, 9.17) is 5.11 Å². The molecule has 0 aliphatic carbocycles. The number of carbonyl (C=O) groups excluding carboxylic acids is 1. The molecule has 1 amide bonds. The van der Waals surface area contributed by atoms with Crippen molar-refractivity contribution in [3.63, 3.8) is 0 Å². The summed E-state index contributed by atoms with van der Waals surface area (Å²) in [5, 5.41) is 11.3. The third-order valence-electron chi connectivity index (χ3n) is 2.14. The number of rotatable bonds is 5. The second kappa shape index (κ2) is 6.34. The molecule has 0 saturated heterocycles. The van der Waals surface area contributed by atoms with Gasteiger partial charge in [0.25, 0.3) is 5.91 Å². The van der Waals surface area contributed by atoms with E-state index in [0.29, 0.717) is 12.8 Å². The van der Waals surface area contributed by atoms with Crippen molar-refractivity contribution >= 4 is 27.8 Å². The van der Waals surface area contributed by atoms with Gasteiger partial charge >= 0.3 is 5.97 Å². The minimum Gasteiger partial charge on any atom is -0.480 e. The number of carboxylic acid groups (broad SMARTS) is 1. The number of nitrogens with zero attached hydrogens (tertiary/aromatic N) is 1. The average Bonchev–Trinajstić information content (AvgIpc) is 2.29. The number of carboxylic acids is 1. The zero-order chi connectivity index (χ0) is 12.8. The summed E-state index contributed by atoms with van der Waals surface area (Å²) in [6.45, 7) is 1.86. The maximum Gasteiger partial charge on any atom is 0.326 e. The summed E-state index contributed by atoms with van der Waals surface area (Å²) in [7, 11) is 0. The van der Waals surface area contributed by atoms with Crippen LogP contribution in [0.15, 0.2) is 22.8 Å². The number of halogens is 1. The molecule has 1 aromatic rings. The van der Waals surface area contributed by atoms with E-state index in [1.54, 1.807) is 6.07 Å². The topological polar surface area (TPSA) is 79.3 Å². The van der Waals surface area contributed by atoms with Crippen LogP contribution in [0.25, 0.3) is 0 Å². The minimum absolute atomic E-state index is 0.204. The van der Waals surface area contributed by atoms with Gasteiger partial charge in [-0.15, -0.1) is 0 Å². The first-order valence-corrected chi connectivity index (χ1v) is 5.99. The van der Waals surface area contributed by atoms with E-state index in [2.05, 4.69) is 26.2 Å². The van der Waals surface area contributed by atoms with Crippen molar-refractivity contribution in [2.24, 2.45) is 0 Å². The van der Waals surface area contributed by atoms with E-state index in [-0.39, 0.29) is 5.69 Å². The van der Waals surface area contributed by atoms with Crippen LogP contribution >= 0.6 is 15.9 Å². The van der Waals surface area contributed by atoms with E-state index in [1.165, 1.54) is 12.3 Å². The fourth-order valence-electron chi connectivity index (χ4n) is 1.29. The van der Waals surface area contributed by atoms with E-state index >= 15 is 0 Å². The highest BCUT2D eigenvalue weighted by Crippen LogP contribution is 2.07. The second-order valence-electron chi connectivity index (χ2n) is 3.51. The molecule has 1 unspecified atom stereocenters. The average molecular weight is 301 g/mol. The maximum atomic E-state index is 11.7. The molecule has 5 nitrogen and oxygen atoms in total. The van der Waals surface area contributed by atoms with Gasteiger partial charge in [0.15, 0.2) is 0 Å². The lowest BCUT2D eigenvalue weighted by molar-refractivity contribution is -0.139. The highest BCUT2D eigenvalue weighted by molar-refractivity contribution is 9.10. The Kier molecular flexibility index (Phi) is 5.09.